The third-order valence-electron chi connectivity index (χ3n) is 4.75. The Morgan fingerprint density at radius 3 is 2.48 bits per heavy atom. The lowest BCUT2D eigenvalue weighted by Gasteiger charge is -2.31. The fourth-order valence-corrected chi connectivity index (χ4v) is 3.37. The molecule has 0 saturated carbocycles. The van der Waals surface area contributed by atoms with Gasteiger partial charge in [0.15, 0.2) is 0 Å². The lowest BCUT2D eigenvalue weighted by molar-refractivity contribution is -0.184. The number of ether oxygens (including phenoxy) is 2. The van der Waals surface area contributed by atoms with Crippen molar-refractivity contribution < 1.29 is 39.4 Å². The molecule has 1 aliphatic heterocycles. The third-order valence-corrected chi connectivity index (χ3v) is 4.75. The minimum atomic E-state index is -0.835. The molecule has 5 N–H and O–H groups in total. The molecular formula is C21H21O8+. The van der Waals surface area contributed by atoms with Gasteiger partial charge in [-0.3, -0.25) is 0 Å². The molecule has 4 rings (SSSR count). The van der Waals surface area contributed by atoms with Crippen molar-refractivity contribution in [3.05, 3.63) is 42.5 Å². The molecule has 8 nitrogen and oxygen atoms in total. The van der Waals surface area contributed by atoms with Crippen molar-refractivity contribution in [3.8, 4) is 34.3 Å². The fourth-order valence-electron chi connectivity index (χ4n) is 3.37. The standard InChI is InChI=1S/C21H20O8/c22-10-15-5-13(24)8-20(27-15)28-19-9-16-17(26)6-14(25)7-18(16)29-21(19)11-1-3-12(23)4-2-11/h1-4,6-7,9,13,15,20,22,24H,5,8,10H2,(H2-,23,25,26)/p+1/t13-,15-,20-/m0/s1. The Morgan fingerprint density at radius 1 is 1.00 bits per heavy atom. The number of aromatic hydroxyl groups is 3. The van der Waals surface area contributed by atoms with E-state index < -0.39 is 18.5 Å². The Bertz CT molecular complexity index is 1020. The van der Waals surface area contributed by atoms with E-state index in [1.54, 1.807) is 18.2 Å². The summed E-state index contributed by atoms with van der Waals surface area (Å²) in [7, 11) is 0. The molecule has 1 aliphatic rings. The van der Waals surface area contributed by atoms with Gasteiger partial charge in [-0.1, -0.05) is 0 Å². The van der Waals surface area contributed by atoms with Gasteiger partial charge in [0.1, 0.15) is 22.6 Å². The number of aliphatic hydroxyl groups excluding tert-OH is 2. The average Bonchev–Trinajstić information content (AvgIpc) is 2.68. The molecule has 8 heteroatoms. The summed E-state index contributed by atoms with van der Waals surface area (Å²) in [4.78, 5) is 0. The predicted octanol–water partition coefficient (Wildman–Crippen LogP) is 2.73. The first-order chi connectivity index (χ1) is 13.9. The maximum absolute atomic E-state index is 10.2. The molecule has 0 unspecified atom stereocenters. The minimum absolute atomic E-state index is 0.0804. The van der Waals surface area contributed by atoms with E-state index in [4.69, 9.17) is 13.9 Å². The van der Waals surface area contributed by atoms with E-state index in [0.29, 0.717) is 17.4 Å². The smallest absolute Gasteiger partial charge is 0.402 e. The van der Waals surface area contributed by atoms with Crippen LogP contribution in [0.3, 0.4) is 0 Å². The topological polar surface area (TPSA) is 131 Å². The molecular weight excluding hydrogens is 380 g/mol. The Balaban J connectivity index is 1.79. The number of phenolic OH excluding ortho intramolecular Hbond substituents is 3. The molecule has 0 bridgehead atoms. The highest BCUT2D eigenvalue weighted by Gasteiger charge is 2.33. The molecule has 3 atom stereocenters. The number of hydrogen-bond acceptors (Lipinski definition) is 7. The normalized spacial score (nSPS) is 21.9. The van der Waals surface area contributed by atoms with E-state index in [0.717, 1.165) is 0 Å². The van der Waals surface area contributed by atoms with E-state index in [1.807, 2.05) is 0 Å². The van der Waals surface area contributed by atoms with E-state index in [1.165, 1.54) is 24.3 Å². The van der Waals surface area contributed by atoms with Crippen LogP contribution in [-0.2, 0) is 4.74 Å². The summed E-state index contributed by atoms with van der Waals surface area (Å²) in [5.74, 6) is 0.251. The monoisotopic (exact) mass is 401 g/mol. The Kier molecular flexibility index (Phi) is 5.14. The Morgan fingerprint density at radius 2 is 1.76 bits per heavy atom. The van der Waals surface area contributed by atoms with Gasteiger partial charge in [-0.05, 0) is 24.3 Å². The van der Waals surface area contributed by atoms with Crippen molar-refractivity contribution in [2.75, 3.05) is 6.61 Å². The SMILES string of the molecule is OC[C@@H]1C[C@H](O)C[C@H](Oc2cc3c(O)cc(O)cc3[o+]c2-c2ccc(O)cc2)O1. The predicted molar refractivity (Wildman–Crippen MR) is 103 cm³/mol. The summed E-state index contributed by atoms with van der Waals surface area (Å²) in [6.45, 7) is -0.246. The van der Waals surface area contributed by atoms with Crippen LogP contribution in [0.4, 0.5) is 0 Å². The maximum Gasteiger partial charge on any atom is 0.402 e. The first-order valence-corrected chi connectivity index (χ1v) is 9.16. The first-order valence-electron chi connectivity index (χ1n) is 9.16. The van der Waals surface area contributed by atoms with Gasteiger partial charge in [0.25, 0.3) is 0 Å². The molecule has 0 aliphatic carbocycles. The van der Waals surface area contributed by atoms with E-state index in [2.05, 4.69) is 0 Å². The second-order valence-electron chi connectivity index (χ2n) is 6.98. The summed E-state index contributed by atoms with van der Waals surface area (Å²) in [5.41, 5.74) is 0.813. The summed E-state index contributed by atoms with van der Waals surface area (Å²) >= 11 is 0. The van der Waals surface area contributed by atoms with Gasteiger partial charge in [-0.2, -0.15) is 0 Å². The number of aliphatic hydroxyl groups is 2. The van der Waals surface area contributed by atoms with Crippen molar-refractivity contribution in [2.24, 2.45) is 0 Å². The summed E-state index contributed by atoms with van der Waals surface area (Å²) < 4.78 is 17.5. The van der Waals surface area contributed by atoms with E-state index in [9.17, 15) is 25.5 Å². The molecule has 0 radical (unpaired) electrons. The van der Waals surface area contributed by atoms with Crippen molar-refractivity contribution in [2.45, 2.75) is 31.3 Å². The average molecular weight is 401 g/mol. The van der Waals surface area contributed by atoms with Crippen LogP contribution in [0.25, 0.3) is 22.3 Å². The van der Waals surface area contributed by atoms with Gasteiger partial charge in [0.05, 0.1) is 30.4 Å². The molecule has 1 saturated heterocycles. The summed E-state index contributed by atoms with van der Waals surface area (Å²) in [6, 6.07) is 10.3. The lowest BCUT2D eigenvalue weighted by atomic mass is 10.1. The molecule has 152 valence electrons. The van der Waals surface area contributed by atoms with E-state index in [-0.39, 0.29) is 47.4 Å². The zero-order chi connectivity index (χ0) is 20.5. The van der Waals surface area contributed by atoms with Crippen LogP contribution in [0, 0.1) is 0 Å². The number of phenols is 3. The van der Waals surface area contributed by atoms with Crippen molar-refractivity contribution in [3.63, 3.8) is 0 Å². The first kappa shape index (κ1) is 19.3. The van der Waals surface area contributed by atoms with Crippen LogP contribution >= 0.6 is 0 Å². The minimum Gasteiger partial charge on any atom is -0.508 e. The molecule has 0 spiro atoms. The second kappa shape index (κ2) is 7.75. The van der Waals surface area contributed by atoms with Crippen molar-refractivity contribution >= 4 is 11.0 Å². The summed E-state index contributed by atoms with van der Waals surface area (Å²) in [5, 5.41) is 49.2. The molecule has 0 amide bonds. The van der Waals surface area contributed by atoms with Gasteiger partial charge >= 0.3 is 11.3 Å². The number of benzene rings is 2. The van der Waals surface area contributed by atoms with Crippen LogP contribution < -0.4 is 4.74 Å². The largest absolute Gasteiger partial charge is 0.508 e. The quantitative estimate of drug-likeness (QED) is 0.422. The highest BCUT2D eigenvalue weighted by molar-refractivity contribution is 5.88. The highest BCUT2D eigenvalue weighted by Crippen LogP contribution is 2.40. The zero-order valence-electron chi connectivity index (χ0n) is 15.4. The van der Waals surface area contributed by atoms with Crippen LogP contribution in [0.2, 0.25) is 0 Å². The molecule has 2 heterocycles. The molecule has 1 aromatic heterocycles. The van der Waals surface area contributed by atoms with Gasteiger partial charge in [-0.25, -0.2) is 4.42 Å². The van der Waals surface area contributed by atoms with E-state index >= 15 is 0 Å². The number of hydrogen-bond donors (Lipinski definition) is 5. The molecule has 29 heavy (non-hydrogen) atoms. The molecule has 3 aromatic rings. The Labute approximate surface area is 165 Å². The molecule has 1 fully saturated rings. The molecule has 2 aromatic carbocycles. The van der Waals surface area contributed by atoms with Crippen LogP contribution in [0.1, 0.15) is 12.8 Å². The van der Waals surface area contributed by atoms with Crippen LogP contribution in [-0.4, -0.2) is 50.6 Å². The second-order valence-corrected chi connectivity index (χ2v) is 6.98. The third kappa shape index (κ3) is 4.04. The van der Waals surface area contributed by atoms with Gasteiger partial charge in [0, 0.05) is 25.0 Å². The van der Waals surface area contributed by atoms with Crippen molar-refractivity contribution in [1.29, 1.82) is 0 Å². The summed E-state index contributed by atoms with van der Waals surface area (Å²) in [6.07, 6.45) is -1.57. The van der Waals surface area contributed by atoms with Gasteiger partial charge in [-0.15, -0.1) is 0 Å². The van der Waals surface area contributed by atoms with Gasteiger partial charge in [0.2, 0.25) is 12.0 Å². The number of fused-ring (bicyclic) bond motifs is 1. The Hall–Kier alpha value is -3.07. The maximum atomic E-state index is 10.2. The van der Waals surface area contributed by atoms with Crippen molar-refractivity contribution in [1.82, 2.24) is 0 Å². The van der Waals surface area contributed by atoms with Crippen LogP contribution in [0.5, 0.6) is 23.0 Å². The van der Waals surface area contributed by atoms with Crippen LogP contribution in [0.15, 0.2) is 46.9 Å². The number of rotatable bonds is 4. The lowest BCUT2D eigenvalue weighted by Crippen LogP contribution is -2.40. The zero-order valence-corrected chi connectivity index (χ0v) is 15.4. The fraction of sp³-hybridized carbons (Fsp3) is 0.286. The van der Waals surface area contributed by atoms with Gasteiger partial charge < -0.3 is 35.0 Å². The highest BCUT2D eigenvalue weighted by atomic mass is 16.7.